The highest BCUT2D eigenvalue weighted by Gasteiger charge is 2.24. The monoisotopic (exact) mass is 444 g/mol. The molecule has 1 fully saturated rings. The van der Waals surface area contributed by atoms with Crippen LogP contribution < -0.4 is 0 Å². The maximum absolute atomic E-state index is 4.92. The summed E-state index contributed by atoms with van der Waals surface area (Å²) >= 11 is 0. The second kappa shape index (κ2) is 10.2. The number of guanidine groups is 1. The topological polar surface area (TPSA) is 22.1 Å². The van der Waals surface area contributed by atoms with Crippen molar-refractivity contribution in [1.82, 2.24) is 14.7 Å². The van der Waals surface area contributed by atoms with E-state index in [0.717, 1.165) is 18.4 Å². The minimum absolute atomic E-state index is 0. The van der Waals surface area contributed by atoms with Crippen molar-refractivity contribution in [2.45, 2.75) is 25.8 Å². The van der Waals surface area contributed by atoms with E-state index in [1.807, 2.05) is 0 Å². The molecular weight excluding hydrogens is 411 g/mol. The summed E-state index contributed by atoms with van der Waals surface area (Å²) in [4.78, 5) is 11.7. The summed E-state index contributed by atoms with van der Waals surface area (Å²) in [5.41, 5.74) is 1.38. The Bertz CT molecular complexity index is 483. The predicted molar refractivity (Wildman–Crippen MR) is 114 cm³/mol. The molecule has 1 aliphatic heterocycles. The Labute approximate surface area is 164 Å². The van der Waals surface area contributed by atoms with Gasteiger partial charge >= 0.3 is 0 Å². The first-order valence-electron chi connectivity index (χ1n) is 8.67. The first kappa shape index (κ1) is 21.2. The van der Waals surface area contributed by atoms with Gasteiger partial charge in [0, 0.05) is 28.2 Å². The summed E-state index contributed by atoms with van der Waals surface area (Å²) in [6, 6.07) is 11.2. The van der Waals surface area contributed by atoms with Crippen molar-refractivity contribution < 1.29 is 0 Å². The van der Waals surface area contributed by atoms with Crippen molar-refractivity contribution in [2.24, 2.45) is 10.9 Å². The van der Waals surface area contributed by atoms with Crippen LogP contribution in [0.4, 0.5) is 0 Å². The van der Waals surface area contributed by atoms with Gasteiger partial charge in [-0.25, -0.2) is 0 Å². The summed E-state index contributed by atoms with van der Waals surface area (Å²) in [7, 11) is 8.22. The van der Waals surface area contributed by atoms with E-state index in [9.17, 15) is 0 Å². The third kappa shape index (κ3) is 5.92. The molecule has 4 nitrogen and oxygen atoms in total. The maximum atomic E-state index is 4.92. The highest BCUT2D eigenvalue weighted by molar-refractivity contribution is 14.0. The van der Waals surface area contributed by atoms with Gasteiger partial charge in [-0.15, -0.1) is 24.0 Å². The SMILES string of the molecule is CC1CCN(C(CN=C(N(C)C)N(C)C)c2ccccc2)CC1.I. The Morgan fingerprint density at radius 3 is 2.12 bits per heavy atom. The molecule has 1 heterocycles. The van der Waals surface area contributed by atoms with Crippen LogP contribution in [0, 0.1) is 5.92 Å². The van der Waals surface area contributed by atoms with Crippen LogP contribution in [0.25, 0.3) is 0 Å². The Balaban J connectivity index is 0.00000288. The molecule has 0 bridgehead atoms. The maximum Gasteiger partial charge on any atom is 0.195 e. The van der Waals surface area contributed by atoms with E-state index < -0.39 is 0 Å². The van der Waals surface area contributed by atoms with Crippen molar-refractivity contribution in [3.63, 3.8) is 0 Å². The van der Waals surface area contributed by atoms with E-state index >= 15 is 0 Å². The fourth-order valence-corrected chi connectivity index (χ4v) is 3.30. The van der Waals surface area contributed by atoms with Crippen molar-refractivity contribution >= 4 is 29.9 Å². The molecule has 1 unspecified atom stereocenters. The molecule has 1 atom stereocenters. The van der Waals surface area contributed by atoms with Gasteiger partial charge in [0.2, 0.25) is 0 Å². The zero-order chi connectivity index (χ0) is 16.8. The van der Waals surface area contributed by atoms with Crippen LogP contribution in [0.2, 0.25) is 0 Å². The minimum atomic E-state index is 0. The first-order valence-corrected chi connectivity index (χ1v) is 8.67. The van der Waals surface area contributed by atoms with Crippen molar-refractivity contribution in [1.29, 1.82) is 0 Å². The van der Waals surface area contributed by atoms with Gasteiger partial charge in [0.25, 0.3) is 0 Å². The fourth-order valence-electron chi connectivity index (χ4n) is 3.30. The second-order valence-electron chi connectivity index (χ2n) is 7.07. The van der Waals surface area contributed by atoms with Crippen molar-refractivity contribution in [3.05, 3.63) is 35.9 Å². The number of rotatable bonds is 4. The van der Waals surface area contributed by atoms with Gasteiger partial charge < -0.3 is 9.80 Å². The quantitative estimate of drug-likeness (QED) is 0.403. The number of likely N-dealkylation sites (tertiary alicyclic amines) is 1. The number of hydrogen-bond acceptors (Lipinski definition) is 2. The van der Waals surface area contributed by atoms with Crippen LogP contribution in [0.3, 0.4) is 0 Å². The molecule has 1 saturated heterocycles. The molecule has 1 aliphatic rings. The van der Waals surface area contributed by atoms with E-state index in [1.165, 1.54) is 31.5 Å². The molecule has 0 spiro atoms. The summed E-state index contributed by atoms with van der Waals surface area (Å²) in [6.07, 6.45) is 2.59. The lowest BCUT2D eigenvalue weighted by Gasteiger charge is -2.36. The molecular formula is C19H33IN4. The molecule has 0 aliphatic carbocycles. The summed E-state index contributed by atoms with van der Waals surface area (Å²) in [5, 5.41) is 0. The molecule has 1 aromatic carbocycles. The van der Waals surface area contributed by atoms with Crippen molar-refractivity contribution in [2.75, 3.05) is 47.8 Å². The molecule has 0 radical (unpaired) electrons. The van der Waals surface area contributed by atoms with Crippen LogP contribution in [0.5, 0.6) is 0 Å². The molecule has 1 aromatic rings. The Morgan fingerprint density at radius 1 is 1.08 bits per heavy atom. The normalized spacial score (nSPS) is 16.9. The number of halogens is 1. The van der Waals surface area contributed by atoms with Gasteiger partial charge in [0.05, 0.1) is 12.6 Å². The van der Waals surface area contributed by atoms with Gasteiger partial charge in [-0.05, 0) is 37.4 Å². The van der Waals surface area contributed by atoms with Crippen LogP contribution in [-0.2, 0) is 0 Å². The van der Waals surface area contributed by atoms with Crippen LogP contribution in [-0.4, -0.2) is 68.5 Å². The summed E-state index contributed by atoms with van der Waals surface area (Å²) < 4.78 is 0. The van der Waals surface area contributed by atoms with E-state index in [0.29, 0.717) is 6.04 Å². The van der Waals surface area contributed by atoms with E-state index in [-0.39, 0.29) is 24.0 Å². The summed E-state index contributed by atoms with van der Waals surface area (Å²) in [6.45, 7) is 5.53. The van der Waals surface area contributed by atoms with Gasteiger partial charge in [-0.3, -0.25) is 9.89 Å². The number of aliphatic imine (C=N–C) groups is 1. The zero-order valence-electron chi connectivity index (χ0n) is 15.8. The average Bonchev–Trinajstić information content (AvgIpc) is 2.53. The van der Waals surface area contributed by atoms with Crippen LogP contribution in [0.15, 0.2) is 35.3 Å². The smallest absolute Gasteiger partial charge is 0.195 e. The Hall–Kier alpha value is -0.820. The van der Waals surface area contributed by atoms with Crippen LogP contribution >= 0.6 is 24.0 Å². The predicted octanol–water partition coefficient (Wildman–Crippen LogP) is 3.56. The lowest BCUT2D eigenvalue weighted by atomic mass is 9.96. The molecule has 136 valence electrons. The second-order valence-corrected chi connectivity index (χ2v) is 7.07. The number of hydrogen-bond donors (Lipinski definition) is 0. The zero-order valence-corrected chi connectivity index (χ0v) is 18.1. The van der Waals surface area contributed by atoms with E-state index in [2.05, 4.69) is 80.1 Å². The average molecular weight is 444 g/mol. The van der Waals surface area contributed by atoms with Gasteiger partial charge in [0.15, 0.2) is 5.96 Å². The molecule has 24 heavy (non-hydrogen) atoms. The third-order valence-corrected chi connectivity index (χ3v) is 4.65. The fraction of sp³-hybridized carbons (Fsp3) is 0.632. The molecule has 0 aromatic heterocycles. The lowest BCUT2D eigenvalue weighted by molar-refractivity contribution is 0.141. The minimum Gasteiger partial charge on any atom is -0.349 e. The largest absolute Gasteiger partial charge is 0.349 e. The molecule has 0 N–H and O–H groups in total. The summed E-state index contributed by atoms with van der Waals surface area (Å²) in [5.74, 6) is 1.88. The highest BCUT2D eigenvalue weighted by atomic mass is 127. The molecule has 2 rings (SSSR count). The van der Waals surface area contributed by atoms with Crippen molar-refractivity contribution in [3.8, 4) is 0 Å². The Kier molecular flexibility index (Phi) is 9.05. The Morgan fingerprint density at radius 2 is 1.62 bits per heavy atom. The van der Waals surface area contributed by atoms with Crippen LogP contribution in [0.1, 0.15) is 31.4 Å². The first-order chi connectivity index (χ1) is 11.0. The molecule has 5 heteroatoms. The molecule has 0 amide bonds. The third-order valence-electron chi connectivity index (χ3n) is 4.65. The molecule has 0 saturated carbocycles. The van der Waals surface area contributed by atoms with E-state index in [1.54, 1.807) is 0 Å². The number of nitrogens with zero attached hydrogens (tertiary/aromatic N) is 4. The van der Waals surface area contributed by atoms with E-state index in [4.69, 9.17) is 4.99 Å². The standard InChI is InChI=1S/C19H32N4.HI/c1-16-11-13-23(14-12-16)18(17-9-7-6-8-10-17)15-20-19(21(2)3)22(4)5;/h6-10,16,18H,11-15H2,1-5H3;1H. The highest BCUT2D eigenvalue weighted by Crippen LogP contribution is 2.27. The number of piperidine rings is 1. The van der Waals surface area contributed by atoms with Gasteiger partial charge in [-0.2, -0.15) is 0 Å². The number of benzene rings is 1. The lowest BCUT2D eigenvalue weighted by Crippen LogP contribution is -2.39. The van der Waals surface area contributed by atoms with Gasteiger partial charge in [-0.1, -0.05) is 37.3 Å². The van der Waals surface area contributed by atoms with Gasteiger partial charge in [0.1, 0.15) is 0 Å².